The SMILES string of the molecule is CCCC(N)C(=O)Nc1ccc(-n2cccn2)nc1. The molecule has 0 saturated carbocycles. The Balaban J connectivity index is 2.01. The summed E-state index contributed by atoms with van der Waals surface area (Å²) in [5.74, 6) is 0.511. The molecule has 0 bridgehead atoms. The van der Waals surface area contributed by atoms with Crippen LogP contribution in [0.15, 0.2) is 36.8 Å². The molecule has 1 unspecified atom stereocenters. The third-order valence-electron chi connectivity index (χ3n) is 2.69. The Kier molecular flexibility index (Phi) is 4.25. The van der Waals surface area contributed by atoms with Gasteiger partial charge >= 0.3 is 0 Å². The molecule has 0 saturated heterocycles. The van der Waals surface area contributed by atoms with Gasteiger partial charge in [-0.2, -0.15) is 5.10 Å². The molecule has 1 amide bonds. The van der Waals surface area contributed by atoms with Crippen LogP contribution in [0.4, 0.5) is 5.69 Å². The number of pyridine rings is 1. The van der Waals surface area contributed by atoms with E-state index < -0.39 is 6.04 Å². The van der Waals surface area contributed by atoms with Crippen LogP contribution in [0.25, 0.3) is 5.82 Å². The minimum Gasteiger partial charge on any atom is -0.323 e. The van der Waals surface area contributed by atoms with Gasteiger partial charge in [0.1, 0.15) is 0 Å². The number of rotatable bonds is 5. The van der Waals surface area contributed by atoms with Gasteiger partial charge in [-0.3, -0.25) is 4.79 Å². The predicted molar refractivity (Wildman–Crippen MR) is 72.9 cm³/mol. The third kappa shape index (κ3) is 3.38. The Morgan fingerprint density at radius 3 is 2.95 bits per heavy atom. The summed E-state index contributed by atoms with van der Waals surface area (Å²) in [5, 5.41) is 6.82. The lowest BCUT2D eigenvalue weighted by molar-refractivity contribution is -0.117. The molecule has 0 aromatic carbocycles. The molecule has 100 valence electrons. The molecule has 0 aliphatic rings. The fourth-order valence-corrected chi connectivity index (χ4v) is 1.68. The molecule has 6 nitrogen and oxygen atoms in total. The standard InChI is InChI=1S/C13H17N5O/c1-2-4-11(14)13(19)17-10-5-6-12(15-9-10)18-8-3-7-16-18/h3,5-9,11H,2,4,14H2,1H3,(H,17,19). The zero-order valence-electron chi connectivity index (χ0n) is 10.8. The highest BCUT2D eigenvalue weighted by atomic mass is 16.2. The number of anilines is 1. The van der Waals surface area contributed by atoms with Crippen LogP contribution < -0.4 is 11.1 Å². The number of hydrogen-bond donors (Lipinski definition) is 2. The van der Waals surface area contributed by atoms with Crippen molar-refractivity contribution >= 4 is 11.6 Å². The van der Waals surface area contributed by atoms with Gasteiger partial charge in [-0.1, -0.05) is 13.3 Å². The molecule has 0 aliphatic heterocycles. The molecule has 0 spiro atoms. The van der Waals surface area contributed by atoms with Crippen molar-refractivity contribution in [1.29, 1.82) is 0 Å². The van der Waals surface area contributed by atoms with Gasteiger partial charge < -0.3 is 11.1 Å². The molecule has 1 atom stereocenters. The maximum absolute atomic E-state index is 11.7. The van der Waals surface area contributed by atoms with E-state index in [1.165, 1.54) is 0 Å². The minimum atomic E-state index is -0.476. The van der Waals surface area contributed by atoms with Crippen molar-refractivity contribution in [3.05, 3.63) is 36.8 Å². The van der Waals surface area contributed by atoms with Gasteiger partial charge in [0.15, 0.2) is 5.82 Å². The van der Waals surface area contributed by atoms with Crippen molar-refractivity contribution in [1.82, 2.24) is 14.8 Å². The van der Waals surface area contributed by atoms with Crippen LogP contribution in [0.3, 0.4) is 0 Å². The lowest BCUT2D eigenvalue weighted by atomic mass is 10.1. The Hall–Kier alpha value is -2.21. The molecule has 2 heterocycles. The first-order valence-electron chi connectivity index (χ1n) is 6.23. The number of amides is 1. The molecule has 2 rings (SSSR count). The van der Waals surface area contributed by atoms with Crippen molar-refractivity contribution in [2.45, 2.75) is 25.8 Å². The normalized spacial score (nSPS) is 12.1. The van der Waals surface area contributed by atoms with Crippen LogP contribution in [0, 0.1) is 0 Å². The molecular formula is C13H17N5O. The maximum Gasteiger partial charge on any atom is 0.241 e. The van der Waals surface area contributed by atoms with Crippen LogP contribution in [0.2, 0.25) is 0 Å². The third-order valence-corrected chi connectivity index (χ3v) is 2.69. The summed E-state index contributed by atoms with van der Waals surface area (Å²) in [7, 11) is 0. The molecular weight excluding hydrogens is 242 g/mol. The van der Waals surface area contributed by atoms with Gasteiger partial charge in [-0.05, 0) is 24.6 Å². The number of carbonyl (C=O) groups is 1. The van der Waals surface area contributed by atoms with E-state index in [0.29, 0.717) is 17.9 Å². The first-order chi connectivity index (χ1) is 9.20. The average Bonchev–Trinajstić information content (AvgIpc) is 2.94. The smallest absolute Gasteiger partial charge is 0.241 e. The number of nitrogens with one attached hydrogen (secondary N) is 1. The minimum absolute atomic E-state index is 0.185. The second-order valence-corrected chi connectivity index (χ2v) is 4.24. The molecule has 0 aliphatic carbocycles. The van der Waals surface area contributed by atoms with Crippen molar-refractivity contribution < 1.29 is 4.79 Å². The van der Waals surface area contributed by atoms with Gasteiger partial charge in [-0.25, -0.2) is 9.67 Å². The topological polar surface area (TPSA) is 85.8 Å². The molecule has 0 fully saturated rings. The highest BCUT2D eigenvalue weighted by molar-refractivity contribution is 5.94. The fraction of sp³-hybridized carbons (Fsp3) is 0.308. The Labute approximate surface area is 111 Å². The maximum atomic E-state index is 11.7. The van der Waals surface area contributed by atoms with Crippen molar-refractivity contribution in [2.24, 2.45) is 5.73 Å². The number of aromatic nitrogens is 3. The lowest BCUT2D eigenvalue weighted by Crippen LogP contribution is -2.35. The predicted octanol–water partition coefficient (Wildman–Crippen LogP) is 1.33. The summed E-state index contributed by atoms with van der Waals surface area (Å²) < 4.78 is 1.65. The van der Waals surface area contributed by atoms with E-state index in [0.717, 1.165) is 6.42 Å². The zero-order chi connectivity index (χ0) is 13.7. The molecule has 0 radical (unpaired) electrons. The summed E-state index contributed by atoms with van der Waals surface area (Å²) >= 11 is 0. The van der Waals surface area contributed by atoms with Crippen LogP contribution in [0.1, 0.15) is 19.8 Å². The van der Waals surface area contributed by atoms with Gasteiger partial charge in [0.25, 0.3) is 0 Å². The highest BCUT2D eigenvalue weighted by Gasteiger charge is 2.12. The van der Waals surface area contributed by atoms with E-state index in [4.69, 9.17) is 5.73 Å². The van der Waals surface area contributed by atoms with E-state index in [-0.39, 0.29) is 5.91 Å². The van der Waals surface area contributed by atoms with Crippen LogP contribution in [-0.2, 0) is 4.79 Å². The first kappa shape index (κ1) is 13.2. The second-order valence-electron chi connectivity index (χ2n) is 4.24. The number of nitrogens with zero attached hydrogens (tertiary/aromatic N) is 3. The van der Waals surface area contributed by atoms with E-state index in [2.05, 4.69) is 15.4 Å². The summed E-state index contributed by atoms with van der Waals surface area (Å²) in [6, 6.07) is 4.91. The zero-order valence-corrected chi connectivity index (χ0v) is 10.8. The van der Waals surface area contributed by atoms with E-state index in [1.807, 2.05) is 13.0 Å². The summed E-state index contributed by atoms with van der Waals surface area (Å²) in [5.41, 5.74) is 6.37. The summed E-state index contributed by atoms with van der Waals surface area (Å²) in [6.07, 6.45) is 6.63. The van der Waals surface area contributed by atoms with E-state index in [9.17, 15) is 4.79 Å². The molecule has 2 aromatic rings. The molecule has 3 N–H and O–H groups in total. The first-order valence-corrected chi connectivity index (χ1v) is 6.23. The van der Waals surface area contributed by atoms with Gasteiger partial charge in [0.2, 0.25) is 5.91 Å². The lowest BCUT2D eigenvalue weighted by Gasteiger charge is -2.11. The van der Waals surface area contributed by atoms with Crippen LogP contribution >= 0.6 is 0 Å². The van der Waals surface area contributed by atoms with Gasteiger partial charge in [0.05, 0.1) is 17.9 Å². The monoisotopic (exact) mass is 259 g/mol. The van der Waals surface area contributed by atoms with Crippen molar-refractivity contribution in [3.63, 3.8) is 0 Å². The van der Waals surface area contributed by atoms with Crippen LogP contribution in [0.5, 0.6) is 0 Å². The largest absolute Gasteiger partial charge is 0.323 e. The molecule has 6 heteroatoms. The summed E-state index contributed by atoms with van der Waals surface area (Å²) in [6.45, 7) is 1.99. The van der Waals surface area contributed by atoms with Crippen molar-refractivity contribution in [2.75, 3.05) is 5.32 Å². The second kappa shape index (κ2) is 6.10. The Morgan fingerprint density at radius 2 is 2.37 bits per heavy atom. The molecule has 2 aromatic heterocycles. The highest BCUT2D eigenvalue weighted by Crippen LogP contribution is 2.09. The van der Waals surface area contributed by atoms with E-state index >= 15 is 0 Å². The Morgan fingerprint density at radius 1 is 1.53 bits per heavy atom. The molecule has 19 heavy (non-hydrogen) atoms. The average molecular weight is 259 g/mol. The van der Waals surface area contributed by atoms with E-state index in [1.54, 1.807) is 35.4 Å². The Bertz CT molecular complexity index is 520. The number of carbonyl (C=O) groups excluding carboxylic acids is 1. The summed E-state index contributed by atoms with van der Waals surface area (Å²) in [4.78, 5) is 16.0. The van der Waals surface area contributed by atoms with Gasteiger partial charge in [0, 0.05) is 12.4 Å². The van der Waals surface area contributed by atoms with Crippen molar-refractivity contribution in [3.8, 4) is 5.82 Å². The van der Waals surface area contributed by atoms with Gasteiger partial charge in [-0.15, -0.1) is 0 Å². The van der Waals surface area contributed by atoms with Crippen LogP contribution in [-0.4, -0.2) is 26.7 Å². The number of nitrogens with two attached hydrogens (primary N) is 1. The number of hydrogen-bond acceptors (Lipinski definition) is 4. The quantitative estimate of drug-likeness (QED) is 0.848. The fourth-order valence-electron chi connectivity index (χ4n) is 1.68.